The Kier molecular flexibility index (Phi) is 28.8. The summed E-state index contributed by atoms with van der Waals surface area (Å²) in [5.41, 5.74) is 5.21. The zero-order valence-corrected chi connectivity index (χ0v) is 45.5. The number of rotatable bonds is 9. The molecule has 0 aromatic heterocycles. The lowest BCUT2D eigenvalue weighted by atomic mass is 9.79. The van der Waals surface area contributed by atoms with Gasteiger partial charge in [-0.1, -0.05) is 193 Å². The van der Waals surface area contributed by atoms with Gasteiger partial charge in [-0.2, -0.15) is 0 Å². The van der Waals surface area contributed by atoms with Crippen LogP contribution in [-0.4, -0.2) is 73.7 Å². The van der Waals surface area contributed by atoms with Crippen LogP contribution in [0.2, 0.25) is 18.1 Å². The molecular formula is C50H77AlCl3NO8Si. The van der Waals surface area contributed by atoms with Crippen molar-refractivity contribution in [3.8, 4) is 11.1 Å². The number of amides is 1. The molecular weight excluding hydrogens is 904 g/mol. The SMILES string of the molecule is CC(C)(C)[C@@H]1CCOC1=O.CC(C)(C)[C@H](NC(=O)OCC1c2ccccc2-c2ccccc21)C(=O)O.CC[C@H](C(=O)O)C(C)(C)C.CC[SiH](CC)CC.Cc1ccccc1.[Cl][Al]([Cl])[Cl]. The fourth-order valence-corrected chi connectivity index (χ4v) is 8.98. The van der Waals surface area contributed by atoms with E-state index in [0.29, 0.717) is 13.0 Å². The van der Waals surface area contributed by atoms with Crippen molar-refractivity contribution in [1.29, 1.82) is 0 Å². The molecule has 3 atom stereocenters. The second-order valence-corrected chi connectivity index (χ2v) is 29.8. The third-order valence-electron chi connectivity index (χ3n) is 11.1. The van der Waals surface area contributed by atoms with Crippen LogP contribution in [0.25, 0.3) is 11.1 Å². The summed E-state index contributed by atoms with van der Waals surface area (Å²) >= 11 is -1.72. The van der Waals surface area contributed by atoms with E-state index in [1.54, 1.807) is 20.8 Å². The number of cyclic esters (lactones) is 1. The Morgan fingerprint density at radius 1 is 0.750 bits per heavy atom. The molecule has 2 aliphatic rings. The van der Waals surface area contributed by atoms with Crippen LogP contribution in [0.1, 0.15) is 125 Å². The molecule has 3 N–H and O–H groups in total. The Morgan fingerprint density at radius 2 is 1.19 bits per heavy atom. The Hall–Kier alpha value is -3.04. The van der Waals surface area contributed by atoms with E-state index < -0.39 is 40.9 Å². The van der Waals surface area contributed by atoms with Crippen LogP contribution in [0, 0.1) is 35.0 Å². The first kappa shape index (κ1) is 61.0. The van der Waals surface area contributed by atoms with Gasteiger partial charge >= 0.3 is 35.4 Å². The molecule has 3 aromatic rings. The number of nitrogens with one attached hydrogen (secondary N) is 1. The molecule has 0 unspecified atom stereocenters. The summed E-state index contributed by atoms with van der Waals surface area (Å²) in [4.78, 5) is 45.2. The lowest BCUT2D eigenvalue weighted by Crippen LogP contribution is -2.49. The summed E-state index contributed by atoms with van der Waals surface area (Å²) < 4.78 is 10.3. The minimum Gasteiger partial charge on any atom is -0.481 e. The number of aryl methyl sites for hydroxylation is 1. The fourth-order valence-electron chi connectivity index (χ4n) is 7.25. The number of fused-ring (bicyclic) bond motifs is 3. The van der Waals surface area contributed by atoms with Crippen LogP contribution in [0.15, 0.2) is 78.9 Å². The Balaban J connectivity index is 0.000000861. The smallest absolute Gasteiger partial charge is 0.481 e. The number of alkyl carbamates (subject to hydrolysis) is 1. The van der Waals surface area contributed by atoms with Crippen LogP contribution in [-0.2, 0) is 23.9 Å². The van der Waals surface area contributed by atoms with Gasteiger partial charge in [0.15, 0.2) is 0 Å². The van der Waals surface area contributed by atoms with Crippen molar-refractivity contribution < 1.29 is 38.9 Å². The summed E-state index contributed by atoms with van der Waals surface area (Å²) in [7, 11) is 14.7. The van der Waals surface area contributed by atoms with Gasteiger partial charge in [0.1, 0.15) is 12.6 Å². The fraction of sp³-hybridized carbons (Fsp3) is 0.560. The van der Waals surface area contributed by atoms with E-state index >= 15 is 0 Å². The number of esters is 1. The van der Waals surface area contributed by atoms with E-state index in [0.717, 1.165) is 28.7 Å². The minimum atomic E-state index is -1.72. The first-order valence-electron chi connectivity index (χ1n) is 22.3. The molecule has 1 saturated heterocycles. The third kappa shape index (κ3) is 23.4. The normalized spacial score (nSPS) is 14.8. The summed E-state index contributed by atoms with van der Waals surface area (Å²) in [6.07, 6.45) is 0.885. The van der Waals surface area contributed by atoms with Gasteiger partial charge in [0.05, 0.1) is 18.4 Å². The number of halogens is 3. The average molecular weight is 982 g/mol. The van der Waals surface area contributed by atoms with Crippen molar-refractivity contribution in [2.45, 2.75) is 140 Å². The number of ether oxygens (including phenoxy) is 2. The number of carbonyl (C=O) groups is 4. The molecule has 1 heterocycles. The van der Waals surface area contributed by atoms with Gasteiger partial charge in [0.2, 0.25) is 0 Å². The number of aliphatic carboxylic acids is 2. The molecule has 1 fully saturated rings. The summed E-state index contributed by atoms with van der Waals surface area (Å²) in [5.74, 6) is -1.93. The Morgan fingerprint density at radius 3 is 1.44 bits per heavy atom. The molecule has 14 heteroatoms. The van der Waals surface area contributed by atoms with Gasteiger partial charge in [-0.3, -0.25) is 9.59 Å². The molecule has 0 bridgehead atoms. The number of carboxylic acids is 2. The van der Waals surface area contributed by atoms with Gasteiger partial charge in [-0.15, -0.1) is 0 Å². The zero-order valence-electron chi connectivity index (χ0n) is 40.9. The minimum absolute atomic E-state index is 0.0208. The third-order valence-corrected chi connectivity index (χ3v) is 14.6. The van der Waals surface area contributed by atoms with Gasteiger partial charge in [-0.05, 0) is 58.3 Å². The van der Waals surface area contributed by atoms with E-state index in [1.165, 1.54) is 23.7 Å². The quantitative estimate of drug-likeness (QED) is 0.142. The van der Waals surface area contributed by atoms with Crippen molar-refractivity contribution in [2.24, 2.45) is 28.1 Å². The number of benzene rings is 3. The molecule has 0 saturated carbocycles. The van der Waals surface area contributed by atoms with Crippen molar-refractivity contribution >= 4 is 74.3 Å². The topological polar surface area (TPSA) is 139 Å². The zero-order chi connectivity index (χ0) is 49.4. The van der Waals surface area contributed by atoms with Crippen LogP contribution >= 0.6 is 30.1 Å². The first-order chi connectivity index (χ1) is 29.7. The largest absolute Gasteiger partial charge is 0.643 e. The number of hydrogen-bond acceptors (Lipinski definition) is 6. The molecule has 1 aliphatic heterocycles. The number of hydrogen-bond donors (Lipinski definition) is 3. The van der Waals surface area contributed by atoms with E-state index in [-0.39, 0.29) is 50.0 Å². The first-order valence-corrected chi connectivity index (χ1v) is 30.0. The second-order valence-electron chi connectivity index (χ2n) is 19.1. The number of carbonyl (C=O) groups excluding carboxylic acids is 2. The molecule has 1 amide bonds. The summed E-state index contributed by atoms with van der Waals surface area (Å²) in [5, 5.41) is 20.5. The maximum Gasteiger partial charge on any atom is 0.643 e. The van der Waals surface area contributed by atoms with Gasteiger partial charge in [-0.25, -0.2) is 39.7 Å². The van der Waals surface area contributed by atoms with Crippen molar-refractivity contribution in [2.75, 3.05) is 13.2 Å². The molecule has 64 heavy (non-hydrogen) atoms. The molecule has 3 aromatic carbocycles. The maximum atomic E-state index is 12.2. The Labute approximate surface area is 404 Å². The molecule has 5 rings (SSSR count). The monoisotopic (exact) mass is 979 g/mol. The van der Waals surface area contributed by atoms with Crippen molar-refractivity contribution in [1.82, 2.24) is 5.32 Å². The second kappa shape index (κ2) is 30.3. The average Bonchev–Trinajstić information content (AvgIpc) is 3.78. The maximum absolute atomic E-state index is 12.2. The highest BCUT2D eigenvalue weighted by atomic mass is 35.8. The summed E-state index contributed by atoms with van der Waals surface area (Å²) in [6, 6.07) is 29.9. The number of carboxylic acid groups (broad SMARTS) is 2. The molecule has 9 nitrogen and oxygen atoms in total. The van der Waals surface area contributed by atoms with Gasteiger partial charge in [0.25, 0.3) is 0 Å². The van der Waals surface area contributed by atoms with Gasteiger partial charge in [0, 0.05) is 14.7 Å². The van der Waals surface area contributed by atoms with E-state index in [4.69, 9.17) is 44.7 Å². The van der Waals surface area contributed by atoms with Crippen LogP contribution in [0.4, 0.5) is 4.79 Å². The molecule has 0 spiro atoms. The molecule has 1 aliphatic carbocycles. The predicted octanol–water partition coefficient (Wildman–Crippen LogP) is 13.7. The summed E-state index contributed by atoms with van der Waals surface area (Å²) in [6.45, 7) is 29.1. The Bertz CT molecular complexity index is 1760. The van der Waals surface area contributed by atoms with Crippen LogP contribution in [0.5, 0.6) is 0 Å². The highest BCUT2D eigenvalue weighted by molar-refractivity contribution is 7.54. The molecule has 0 radical (unpaired) electrons. The lowest BCUT2D eigenvalue weighted by molar-refractivity contribution is -0.146. The van der Waals surface area contributed by atoms with Gasteiger partial charge < -0.3 is 25.0 Å². The van der Waals surface area contributed by atoms with E-state index in [2.05, 4.69) is 78.0 Å². The van der Waals surface area contributed by atoms with Crippen molar-refractivity contribution in [3.05, 3.63) is 95.6 Å². The molecule has 358 valence electrons. The van der Waals surface area contributed by atoms with E-state index in [9.17, 15) is 24.3 Å². The van der Waals surface area contributed by atoms with E-state index in [1.807, 2.05) is 82.3 Å². The lowest BCUT2D eigenvalue weighted by Gasteiger charge is -2.27. The highest BCUT2D eigenvalue weighted by Crippen LogP contribution is 2.44. The standard InChI is InChI=1S/C21H23NO4.C8H14O2.C8H16O2.C7H8.C6H16Si.Al.3ClH/c1-21(2,3)18(19(23)24)22-20(25)26-12-17-15-10-6-4-8-13(15)14-9-5-7-11-16(14)17;1-8(2,3)6-4-5-10-7(6)9;1-5-6(7(9)10)8(2,3)4;1-7-5-3-2-4-6-7;1-4-7(5-2)6-3;;;;/h4-11,17-18H,12H2,1-3H3,(H,22,25)(H,23,24);6H,4-5H2,1-3H3;6H,5H2,1-4H3,(H,9,10);2-6H,1H3;7H,4-6H2,1-3H3;;3*1H/q;;;;;+3;;;/p-3/t18-;2*6-;;;;;;/m111....../s1. The van der Waals surface area contributed by atoms with Crippen LogP contribution < -0.4 is 5.32 Å². The highest BCUT2D eigenvalue weighted by Gasteiger charge is 2.37. The van der Waals surface area contributed by atoms with Crippen molar-refractivity contribution in [3.63, 3.8) is 0 Å². The van der Waals surface area contributed by atoms with Crippen LogP contribution in [0.3, 0.4) is 0 Å². The predicted molar refractivity (Wildman–Crippen MR) is 272 cm³/mol.